The topological polar surface area (TPSA) is 0 Å². The Morgan fingerprint density at radius 3 is 2.06 bits per heavy atom. The van der Waals surface area contributed by atoms with Crippen molar-refractivity contribution in [3.05, 3.63) is 97.4 Å². The number of halogens is 2. The van der Waals surface area contributed by atoms with Gasteiger partial charge in [0.25, 0.3) is 0 Å². The number of allylic oxidation sites excluding steroid dienone is 5. The number of hydrogen-bond donors (Lipinski definition) is 0. The molecule has 0 aromatic heterocycles. The molecule has 1 aliphatic heterocycles. The van der Waals surface area contributed by atoms with Crippen molar-refractivity contribution >= 4 is 11.0 Å². The zero-order valence-electron chi connectivity index (χ0n) is 20.2. The summed E-state index contributed by atoms with van der Waals surface area (Å²) in [6, 6.07) is 23.7. The maximum atomic E-state index is 2.75. The summed E-state index contributed by atoms with van der Waals surface area (Å²) >= 11 is -1.92. The largest absolute Gasteiger partial charge is 1.00 e. The maximum absolute atomic E-state index is 2.75. The molecule has 2 aromatic rings. The van der Waals surface area contributed by atoms with Crippen LogP contribution in [-0.4, -0.2) is 5.43 Å². The molecule has 2 unspecified atom stereocenters. The van der Waals surface area contributed by atoms with Crippen LogP contribution >= 0.6 is 0 Å². The van der Waals surface area contributed by atoms with Crippen molar-refractivity contribution < 1.29 is 45.2 Å². The quantitative estimate of drug-likeness (QED) is 0.495. The van der Waals surface area contributed by atoms with Crippen LogP contribution < -0.4 is 24.8 Å². The first-order valence-corrected chi connectivity index (χ1v) is 20.3. The Bertz CT molecular complexity index is 1150. The van der Waals surface area contributed by atoms with Crippen LogP contribution in [0.2, 0.25) is 12.1 Å². The molecule has 33 heavy (non-hydrogen) atoms. The molecule has 1 fully saturated rings. The van der Waals surface area contributed by atoms with Crippen LogP contribution in [0.1, 0.15) is 67.3 Å². The predicted octanol–water partition coefficient (Wildman–Crippen LogP) is 2.23. The summed E-state index contributed by atoms with van der Waals surface area (Å²) in [7, 11) is 0. The zero-order chi connectivity index (χ0) is 21.5. The zero-order valence-corrected chi connectivity index (χ0v) is 25.2. The van der Waals surface area contributed by atoms with Gasteiger partial charge in [0.05, 0.1) is 0 Å². The minimum absolute atomic E-state index is 0. The van der Waals surface area contributed by atoms with Crippen molar-refractivity contribution in [3.8, 4) is 0 Å². The molecule has 5 rings (SSSR count). The molecule has 0 spiro atoms. The first-order valence-electron chi connectivity index (χ1n) is 12.0. The van der Waals surface area contributed by atoms with Gasteiger partial charge in [-0.3, -0.25) is 0 Å². The van der Waals surface area contributed by atoms with Gasteiger partial charge in [-0.25, -0.2) is 0 Å². The monoisotopic (exact) mass is 570 g/mol. The molecule has 0 N–H and O–H groups in total. The molecular weight excluding hydrogens is 539 g/mol. The fourth-order valence-electron chi connectivity index (χ4n) is 6.09. The normalized spacial score (nSPS) is 21.7. The Kier molecular flexibility index (Phi) is 9.29. The van der Waals surface area contributed by atoms with Crippen LogP contribution in [0.5, 0.6) is 0 Å². The summed E-state index contributed by atoms with van der Waals surface area (Å²) in [4.78, 5) is 0. The summed E-state index contributed by atoms with van der Waals surface area (Å²) in [5.74, 6) is 0.690. The van der Waals surface area contributed by atoms with E-state index in [4.69, 9.17) is 0 Å². The predicted molar refractivity (Wildman–Crippen MR) is 132 cm³/mol. The molecular formula is C29H34Cl2SiZr. The van der Waals surface area contributed by atoms with Gasteiger partial charge in [0, 0.05) is 0 Å². The van der Waals surface area contributed by atoms with E-state index < -0.39 is 20.4 Å². The van der Waals surface area contributed by atoms with Crippen molar-refractivity contribution in [1.29, 1.82) is 0 Å². The smallest absolute Gasteiger partial charge is 1.00 e. The molecule has 0 amide bonds. The van der Waals surface area contributed by atoms with E-state index in [0.29, 0.717) is 5.92 Å². The van der Waals surface area contributed by atoms with E-state index in [1.54, 1.807) is 34.4 Å². The summed E-state index contributed by atoms with van der Waals surface area (Å²) in [5.41, 5.74) is 10.8. The van der Waals surface area contributed by atoms with Gasteiger partial charge in [0.2, 0.25) is 0 Å². The SMILES string of the molecule is CC1=C(C)C(C)[C]([Zr+2]([CH]2C=C(c3ccccc3)c3ccccc32)=[Si]2CCCCC2)=C1C.[Cl-].[Cl-]. The third-order valence-electron chi connectivity index (χ3n) is 8.08. The summed E-state index contributed by atoms with van der Waals surface area (Å²) in [5, 5.41) is 0. The molecule has 0 saturated carbocycles. The van der Waals surface area contributed by atoms with Crippen LogP contribution in [0.25, 0.3) is 5.57 Å². The summed E-state index contributed by atoms with van der Waals surface area (Å²) < 4.78 is 2.71. The molecule has 0 nitrogen and oxygen atoms in total. The number of fused-ring (bicyclic) bond motifs is 1. The average Bonchev–Trinajstić information content (AvgIpc) is 3.28. The van der Waals surface area contributed by atoms with Gasteiger partial charge >= 0.3 is 197 Å². The summed E-state index contributed by atoms with van der Waals surface area (Å²) in [6.07, 6.45) is 7.21. The van der Waals surface area contributed by atoms with Crippen molar-refractivity contribution in [2.45, 2.75) is 62.7 Å². The minimum atomic E-state index is -1.92. The second kappa shape index (κ2) is 11.4. The van der Waals surface area contributed by atoms with Gasteiger partial charge in [-0.05, 0) is 0 Å². The maximum Gasteiger partial charge on any atom is -1.00 e. The Hall–Kier alpha value is -0.660. The van der Waals surface area contributed by atoms with E-state index in [1.807, 2.05) is 3.28 Å². The Balaban J connectivity index is 0.00000153. The minimum Gasteiger partial charge on any atom is -1.00 e. The van der Waals surface area contributed by atoms with E-state index >= 15 is 0 Å². The Morgan fingerprint density at radius 1 is 0.788 bits per heavy atom. The van der Waals surface area contributed by atoms with E-state index in [1.165, 1.54) is 36.0 Å². The molecule has 172 valence electrons. The van der Waals surface area contributed by atoms with E-state index in [0.717, 1.165) is 3.63 Å². The molecule has 1 heterocycles. The molecule has 3 aliphatic rings. The van der Waals surface area contributed by atoms with Crippen LogP contribution in [-0.2, 0) is 20.4 Å². The van der Waals surface area contributed by atoms with Gasteiger partial charge in [-0.15, -0.1) is 0 Å². The van der Waals surface area contributed by atoms with E-state index in [2.05, 4.69) is 88.4 Å². The van der Waals surface area contributed by atoms with Crippen LogP contribution in [0.4, 0.5) is 0 Å². The van der Waals surface area contributed by atoms with Gasteiger partial charge in [0.15, 0.2) is 0 Å². The molecule has 0 radical (unpaired) electrons. The fourth-order valence-corrected chi connectivity index (χ4v) is 31.6. The Morgan fingerprint density at radius 2 is 1.42 bits per heavy atom. The number of hydrogen-bond acceptors (Lipinski definition) is 0. The molecule has 2 atom stereocenters. The third kappa shape index (κ3) is 4.88. The average molecular weight is 573 g/mol. The number of benzene rings is 2. The second-order valence-corrected chi connectivity index (χ2v) is 25.2. The van der Waals surface area contributed by atoms with Gasteiger partial charge in [0.1, 0.15) is 0 Å². The van der Waals surface area contributed by atoms with Crippen LogP contribution in [0.3, 0.4) is 0 Å². The first kappa shape index (κ1) is 26.9. The molecule has 2 aromatic carbocycles. The van der Waals surface area contributed by atoms with Crippen LogP contribution in [0.15, 0.2) is 80.7 Å². The van der Waals surface area contributed by atoms with Crippen molar-refractivity contribution in [1.82, 2.24) is 0 Å². The van der Waals surface area contributed by atoms with Crippen molar-refractivity contribution in [3.63, 3.8) is 0 Å². The summed E-state index contributed by atoms with van der Waals surface area (Å²) in [6.45, 7) is 9.79. The number of rotatable bonds is 3. The Labute approximate surface area is 220 Å². The first-order chi connectivity index (χ1) is 15.1. The van der Waals surface area contributed by atoms with Gasteiger partial charge in [-0.2, -0.15) is 0 Å². The van der Waals surface area contributed by atoms with Crippen molar-refractivity contribution in [2.75, 3.05) is 0 Å². The fraction of sp³-hybridized carbons (Fsp3) is 0.379. The standard InChI is InChI=1S/C15H11.C9H13.C5H10Si.2ClH.Zr/c1-2-6-12(7-3-1)15-11-10-13-8-4-5-9-14(13)15;1-6-5-7(2)9(4)8(6)3;1-2-4-6-5-3-1;;;/h1-11H;6H,1-4H3;1-5H2;2*1H;/q;;;;;+2/p-2. The second-order valence-electron chi connectivity index (χ2n) is 9.66. The molecule has 0 bridgehead atoms. The molecule has 2 aliphatic carbocycles. The van der Waals surface area contributed by atoms with E-state index in [-0.39, 0.29) is 30.2 Å². The van der Waals surface area contributed by atoms with Gasteiger partial charge < -0.3 is 24.8 Å². The van der Waals surface area contributed by atoms with Gasteiger partial charge in [-0.1, -0.05) is 0 Å². The third-order valence-corrected chi connectivity index (χ3v) is 29.6. The van der Waals surface area contributed by atoms with Crippen LogP contribution in [0, 0.1) is 5.92 Å². The molecule has 4 heteroatoms. The molecule has 1 saturated heterocycles. The van der Waals surface area contributed by atoms with Crippen molar-refractivity contribution in [2.24, 2.45) is 5.92 Å². The van der Waals surface area contributed by atoms with E-state index in [9.17, 15) is 0 Å².